The molecule has 1 aliphatic heterocycles. The molecule has 1 N–H and O–H groups in total. The van der Waals surface area contributed by atoms with Gasteiger partial charge < -0.3 is 9.84 Å². The lowest BCUT2D eigenvalue weighted by Gasteiger charge is -2.30. The van der Waals surface area contributed by atoms with Crippen molar-refractivity contribution in [3.8, 4) is 11.5 Å². The Hall–Kier alpha value is -1.48. The minimum Gasteiger partial charge on any atom is -0.334 e. The zero-order chi connectivity index (χ0) is 16.4. The van der Waals surface area contributed by atoms with Crippen LogP contribution in [-0.4, -0.2) is 56.4 Å². The van der Waals surface area contributed by atoms with Gasteiger partial charge in [-0.15, -0.1) is 12.4 Å². The molecule has 0 saturated carbocycles. The lowest BCUT2D eigenvalue weighted by Crippen LogP contribution is -2.44. The molecule has 1 atom stereocenters. The Morgan fingerprint density at radius 1 is 1.33 bits per heavy atom. The van der Waals surface area contributed by atoms with Crippen LogP contribution in [0, 0.1) is 0 Å². The molecule has 0 bridgehead atoms. The molecule has 1 unspecified atom stereocenters. The van der Waals surface area contributed by atoms with E-state index in [1.165, 1.54) is 6.26 Å². The zero-order valence-electron chi connectivity index (χ0n) is 13.6. The minimum absolute atomic E-state index is 0. The number of likely N-dealkylation sites (N-methyl/N-ethyl adjacent to an activating group) is 1. The van der Waals surface area contributed by atoms with Crippen molar-refractivity contribution in [3.05, 3.63) is 35.7 Å². The second-order valence-corrected chi connectivity index (χ2v) is 8.07. The minimum atomic E-state index is -3.04. The molecule has 3 rings (SSSR count). The Bertz CT molecular complexity index is 776. The maximum Gasteiger partial charge on any atom is 0.257 e. The number of nitrogens with zero attached hydrogens (tertiary/aromatic N) is 3. The van der Waals surface area contributed by atoms with E-state index < -0.39 is 9.84 Å². The van der Waals surface area contributed by atoms with Crippen LogP contribution in [-0.2, 0) is 15.6 Å². The summed E-state index contributed by atoms with van der Waals surface area (Å²) in [7, 11) is -0.992. The van der Waals surface area contributed by atoms with Crippen molar-refractivity contribution >= 4 is 22.2 Å². The van der Waals surface area contributed by atoms with Gasteiger partial charge in [0.25, 0.3) is 5.89 Å². The van der Waals surface area contributed by atoms with Crippen LogP contribution in [0.4, 0.5) is 0 Å². The van der Waals surface area contributed by atoms with Gasteiger partial charge in [-0.05, 0) is 24.7 Å². The predicted molar refractivity (Wildman–Crippen MR) is 93.8 cm³/mol. The molecule has 0 spiro atoms. The number of piperazine rings is 1. The highest BCUT2D eigenvalue weighted by Crippen LogP contribution is 2.23. The molecular formula is C15H21ClN4O3S. The number of sulfone groups is 1. The average molecular weight is 373 g/mol. The first kappa shape index (κ1) is 18.9. The lowest BCUT2D eigenvalue weighted by molar-refractivity contribution is 0.190. The van der Waals surface area contributed by atoms with Crippen molar-refractivity contribution in [2.24, 2.45) is 0 Å². The van der Waals surface area contributed by atoms with E-state index in [2.05, 4.69) is 20.4 Å². The van der Waals surface area contributed by atoms with Gasteiger partial charge in [0.2, 0.25) is 0 Å². The summed E-state index contributed by atoms with van der Waals surface area (Å²) in [6.45, 7) is 2.69. The molecule has 2 aromatic rings. The second kappa shape index (κ2) is 7.60. The van der Waals surface area contributed by atoms with E-state index in [0.29, 0.717) is 11.7 Å². The standard InChI is InChI=1S/C15H20N4O3S.ClH/c1-19-8-7-16-9-13(19)14-17-15(22-18-14)12-5-3-11(4-6-12)10-23(2,20)21;/h3-6,13,16H,7-10H2,1-2H3;1H. The third-order valence-electron chi connectivity index (χ3n) is 3.88. The molecule has 0 radical (unpaired) electrons. The molecule has 1 aromatic heterocycles. The number of halogens is 1. The first-order valence-corrected chi connectivity index (χ1v) is 9.50. The maximum absolute atomic E-state index is 11.3. The molecular weight excluding hydrogens is 352 g/mol. The number of rotatable bonds is 4. The average Bonchev–Trinajstić information content (AvgIpc) is 2.96. The number of nitrogens with one attached hydrogen (secondary N) is 1. The van der Waals surface area contributed by atoms with Gasteiger partial charge in [-0.1, -0.05) is 17.3 Å². The van der Waals surface area contributed by atoms with E-state index in [1.807, 2.05) is 7.05 Å². The molecule has 1 aliphatic rings. The Kier molecular flexibility index (Phi) is 5.97. The van der Waals surface area contributed by atoms with Gasteiger partial charge in [-0.25, -0.2) is 8.42 Å². The summed E-state index contributed by atoms with van der Waals surface area (Å²) in [5, 5.41) is 7.41. The van der Waals surface area contributed by atoms with Gasteiger partial charge in [-0.3, -0.25) is 4.90 Å². The van der Waals surface area contributed by atoms with Crippen molar-refractivity contribution in [2.75, 3.05) is 32.9 Å². The highest BCUT2D eigenvalue weighted by molar-refractivity contribution is 7.89. The van der Waals surface area contributed by atoms with E-state index in [-0.39, 0.29) is 24.2 Å². The highest BCUT2D eigenvalue weighted by atomic mass is 35.5. The summed E-state index contributed by atoms with van der Waals surface area (Å²) in [5.41, 5.74) is 1.53. The van der Waals surface area contributed by atoms with Crippen LogP contribution in [0.25, 0.3) is 11.5 Å². The fourth-order valence-corrected chi connectivity index (χ4v) is 3.43. The van der Waals surface area contributed by atoms with E-state index in [0.717, 1.165) is 30.8 Å². The number of aromatic nitrogens is 2. The van der Waals surface area contributed by atoms with Gasteiger partial charge in [-0.2, -0.15) is 4.98 Å². The third-order valence-corrected chi connectivity index (χ3v) is 4.74. The lowest BCUT2D eigenvalue weighted by atomic mass is 10.1. The van der Waals surface area contributed by atoms with Gasteiger partial charge >= 0.3 is 0 Å². The first-order valence-electron chi connectivity index (χ1n) is 7.44. The van der Waals surface area contributed by atoms with Crippen LogP contribution in [0.1, 0.15) is 17.4 Å². The van der Waals surface area contributed by atoms with Crippen molar-refractivity contribution in [2.45, 2.75) is 11.8 Å². The molecule has 1 aromatic carbocycles. The van der Waals surface area contributed by atoms with Crippen LogP contribution >= 0.6 is 12.4 Å². The first-order chi connectivity index (χ1) is 10.9. The second-order valence-electron chi connectivity index (χ2n) is 5.93. The predicted octanol–water partition coefficient (Wildman–Crippen LogP) is 1.28. The Morgan fingerprint density at radius 3 is 2.67 bits per heavy atom. The molecule has 7 nitrogen and oxygen atoms in total. The van der Waals surface area contributed by atoms with E-state index in [4.69, 9.17) is 4.52 Å². The van der Waals surface area contributed by atoms with Crippen molar-refractivity contribution in [1.29, 1.82) is 0 Å². The summed E-state index contributed by atoms with van der Waals surface area (Å²) in [5.74, 6) is 1.14. The summed E-state index contributed by atoms with van der Waals surface area (Å²) in [6.07, 6.45) is 1.22. The topological polar surface area (TPSA) is 88.3 Å². The molecule has 1 fully saturated rings. The van der Waals surface area contributed by atoms with Crippen molar-refractivity contribution < 1.29 is 12.9 Å². The summed E-state index contributed by atoms with van der Waals surface area (Å²) in [6, 6.07) is 7.26. The van der Waals surface area contributed by atoms with E-state index in [1.54, 1.807) is 24.3 Å². The Morgan fingerprint density at radius 2 is 2.04 bits per heavy atom. The zero-order valence-corrected chi connectivity index (χ0v) is 15.2. The van der Waals surface area contributed by atoms with Crippen LogP contribution in [0.2, 0.25) is 0 Å². The summed E-state index contributed by atoms with van der Waals surface area (Å²) < 4.78 is 28.0. The molecule has 1 saturated heterocycles. The monoisotopic (exact) mass is 372 g/mol. The van der Waals surface area contributed by atoms with Crippen LogP contribution in [0.5, 0.6) is 0 Å². The SMILES string of the molecule is CN1CCNCC1c1noc(-c2ccc(CS(C)(=O)=O)cc2)n1.Cl. The van der Waals surface area contributed by atoms with Gasteiger partial charge in [0.1, 0.15) is 0 Å². The number of hydrogen-bond acceptors (Lipinski definition) is 7. The molecule has 2 heterocycles. The summed E-state index contributed by atoms with van der Waals surface area (Å²) >= 11 is 0. The van der Waals surface area contributed by atoms with E-state index in [9.17, 15) is 8.42 Å². The van der Waals surface area contributed by atoms with E-state index >= 15 is 0 Å². The molecule has 132 valence electrons. The van der Waals surface area contributed by atoms with Crippen LogP contribution in [0.3, 0.4) is 0 Å². The number of hydrogen-bond donors (Lipinski definition) is 1. The van der Waals surface area contributed by atoms with Crippen LogP contribution in [0.15, 0.2) is 28.8 Å². The molecule has 0 amide bonds. The largest absolute Gasteiger partial charge is 0.334 e. The third kappa shape index (κ3) is 4.54. The smallest absolute Gasteiger partial charge is 0.257 e. The maximum atomic E-state index is 11.3. The Labute approximate surface area is 147 Å². The van der Waals surface area contributed by atoms with Gasteiger partial charge in [0.15, 0.2) is 15.7 Å². The molecule has 0 aliphatic carbocycles. The fraction of sp³-hybridized carbons (Fsp3) is 0.467. The van der Waals surface area contributed by atoms with Crippen LogP contribution < -0.4 is 5.32 Å². The molecule has 9 heteroatoms. The summed E-state index contributed by atoms with van der Waals surface area (Å²) in [4.78, 5) is 6.68. The highest BCUT2D eigenvalue weighted by Gasteiger charge is 2.25. The van der Waals surface area contributed by atoms with Crippen molar-refractivity contribution in [1.82, 2.24) is 20.4 Å². The molecule has 24 heavy (non-hydrogen) atoms. The normalized spacial score (nSPS) is 19.0. The fourth-order valence-electron chi connectivity index (χ4n) is 2.63. The van der Waals surface area contributed by atoms with Gasteiger partial charge in [0.05, 0.1) is 11.8 Å². The number of benzene rings is 1. The Balaban J connectivity index is 0.00000208. The quantitative estimate of drug-likeness (QED) is 0.864. The van der Waals surface area contributed by atoms with Gasteiger partial charge in [0, 0.05) is 31.5 Å². The van der Waals surface area contributed by atoms with Crippen molar-refractivity contribution in [3.63, 3.8) is 0 Å².